The maximum Gasteiger partial charge on any atom is 0.151 e. The van der Waals surface area contributed by atoms with Crippen molar-refractivity contribution < 1.29 is 4.79 Å². The number of hydrogen-bond acceptors (Lipinski definition) is 1. The number of rotatable bonds is 6. The average Bonchev–Trinajstić information content (AvgIpc) is 2.38. The zero-order valence-electron chi connectivity index (χ0n) is 10.9. The van der Waals surface area contributed by atoms with Crippen molar-refractivity contribution in [3.63, 3.8) is 0 Å². The smallest absolute Gasteiger partial charge is 0.151 e. The van der Waals surface area contributed by atoms with Crippen LogP contribution in [0.4, 0.5) is 0 Å². The first-order valence-corrected chi connectivity index (χ1v) is 6.37. The number of allylic oxidation sites excluding steroid dienone is 7. The van der Waals surface area contributed by atoms with Crippen molar-refractivity contribution in [1.82, 2.24) is 0 Å². The Labute approximate surface area is 105 Å². The molecule has 0 fully saturated rings. The van der Waals surface area contributed by atoms with E-state index in [9.17, 15) is 4.79 Å². The molecule has 0 bridgehead atoms. The van der Waals surface area contributed by atoms with Crippen LogP contribution in [0, 0.1) is 11.8 Å². The topological polar surface area (TPSA) is 17.1 Å². The Morgan fingerprint density at radius 1 is 1.59 bits per heavy atom. The molecule has 0 aromatic carbocycles. The number of Topliss-reactive ketones (excluding diaryl/α,β-unsaturated/α-hetero) is 1. The molecule has 2 heteroatoms. The summed E-state index contributed by atoms with van der Waals surface area (Å²) in [5.41, 5.74) is 0.915. The fourth-order valence-corrected chi connectivity index (χ4v) is 2.16. The van der Waals surface area contributed by atoms with Crippen LogP contribution in [0.1, 0.15) is 19.8 Å². The van der Waals surface area contributed by atoms with E-state index in [4.69, 9.17) is 0 Å². The minimum Gasteiger partial charge on any atom is -0.295 e. The van der Waals surface area contributed by atoms with Gasteiger partial charge in [-0.1, -0.05) is 50.0 Å². The van der Waals surface area contributed by atoms with Crippen molar-refractivity contribution in [3.05, 3.63) is 48.6 Å². The van der Waals surface area contributed by atoms with Gasteiger partial charge in [0.15, 0.2) is 5.78 Å². The van der Waals surface area contributed by atoms with Crippen LogP contribution >= 0.6 is 0 Å². The van der Waals surface area contributed by atoms with Crippen LogP contribution in [-0.2, 0) is 4.79 Å². The molecule has 0 aromatic heterocycles. The van der Waals surface area contributed by atoms with Crippen LogP contribution in [0.15, 0.2) is 48.6 Å². The standard InChI is InChI=1S/C15H21BO/c1-3-7-14(15(17)11-16)10-12(2)13-8-5-4-6-9-13/h3-8,12-13H,1,9-11,16H2,2H3/b14-7+. The Morgan fingerprint density at radius 3 is 2.88 bits per heavy atom. The number of ketones is 1. The molecule has 0 saturated heterocycles. The third-order valence-corrected chi connectivity index (χ3v) is 3.28. The molecule has 0 radical (unpaired) electrons. The first kappa shape index (κ1) is 13.8. The number of carbonyl (C=O) groups is 1. The molecule has 2 unspecified atom stereocenters. The van der Waals surface area contributed by atoms with Gasteiger partial charge in [0.05, 0.1) is 0 Å². The van der Waals surface area contributed by atoms with Gasteiger partial charge in [-0.25, -0.2) is 0 Å². The lowest BCUT2D eigenvalue weighted by atomic mass is 9.82. The Bertz CT molecular complexity index is 363. The van der Waals surface area contributed by atoms with Gasteiger partial charge < -0.3 is 0 Å². The molecule has 1 nitrogen and oxygen atoms in total. The fourth-order valence-electron chi connectivity index (χ4n) is 2.16. The monoisotopic (exact) mass is 228 g/mol. The van der Waals surface area contributed by atoms with Crippen LogP contribution in [0.5, 0.6) is 0 Å². The highest BCUT2D eigenvalue weighted by atomic mass is 16.1. The maximum atomic E-state index is 11.8. The SMILES string of the molecule is BCC(=O)/C(=C/C=C)CC(C)C1C=CC=CC1. The van der Waals surface area contributed by atoms with E-state index in [1.165, 1.54) is 0 Å². The van der Waals surface area contributed by atoms with Crippen LogP contribution < -0.4 is 0 Å². The average molecular weight is 228 g/mol. The second-order valence-electron chi connectivity index (χ2n) is 4.60. The first-order valence-electron chi connectivity index (χ1n) is 6.37. The van der Waals surface area contributed by atoms with Crippen LogP contribution in [0.2, 0.25) is 6.32 Å². The first-order chi connectivity index (χ1) is 8.19. The van der Waals surface area contributed by atoms with Crippen molar-refractivity contribution in [3.8, 4) is 0 Å². The summed E-state index contributed by atoms with van der Waals surface area (Å²) in [4.78, 5) is 11.8. The van der Waals surface area contributed by atoms with Crippen molar-refractivity contribution in [2.75, 3.05) is 0 Å². The highest BCUT2D eigenvalue weighted by molar-refractivity contribution is 6.23. The van der Waals surface area contributed by atoms with Crippen molar-refractivity contribution in [1.29, 1.82) is 0 Å². The highest BCUT2D eigenvalue weighted by Gasteiger charge is 2.18. The molecule has 1 aliphatic rings. The van der Waals surface area contributed by atoms with Gasteiger partial charge in [-0.15, -0.1) is 0 Å². The molecule has 1 rings (SSSR count). The van der Waals surface area contributed by atoms with E-state index in [1.807, 2.05) is 13.9 Å². The lowest BCUT2D eigenvalue weighted by Crippen LogP contribution is -2.14. The van der Waals surface area contributed by atoms with Crippen LogP contribution in [-0.4, -0.2) is 13.6 Å². The quantitative estimate of drug-likeness (QED) is 0.388. The molecule has 0 aliphatic heterocycles. The molecular formula is C15H21BO. The summed E-state index contributed by atoms with van der Waals surface area (Å²) < 4.78 is 0. The van der Waals surface area contributed by atoms with Gasteiger partial charge in [-0.05, 0) is 36.6 Å². The van der Waals surface area contributed by atoms with Gasteiger partial charge in [-0.2, -0.15) is 0 Å². The highest BCUT2D eigenvalue weighted by Crippen LogP contribution is 2.27. The predicted octanol–water partition coefficient (Wildman–Crippen LogP) is 2.88. The molecule has 17 heavy (non-hydrogen) atoms. The van der Waals surface area contributed by atoms with Crippen molar-refractivity contribution >= 4 is 13.6 Å². The fraction of sp³-hybridized carbons (Fsp3) is 0.400. The van der Waals surface area contributed by atoms with Gasteiger partial charge in [0, 0.05) is 0 Å². The third kappa shape index (κ3) is 4.22. The Kier molecular flexibility index (Phi) is 5.75. The van der Waals surface area contributed by atoms with Gasteiger partial charge in [0.1, 0.15) is 7.85 Å². The minimum absolute atomic E-state index is 0.243. The normalized spacial score (nSPS) is 21.2. The summed E-state index contributed by atoms with van der Waals surface area (Å²) in [5, 5.41) is 0. The van der Waals surface area contributed by atoms with E-state index in [2.05, 4.69) is 37.8 Å². The zero-order chi connectivity index (χ0) is 12.7. The van der Waals surface area contributed by atoms with Gasteiger partial charge in [-0.3, -0.25) is 4.79 Å². The predicted molar refractivity (Wildman–Crippen MR) is 76.8 cm³/mol. The van der Waals surface area contributed by atoms with Crippen molar-refractivity contribution in [2.24, 2.45) is 11.8 Å². The van der Waals surface area contributed by atoms with Crippen molar-refractivity contribution in [2.45, 2.75) is 26.1 Å². The molecule has 0 aromatic rings. The van der Waals surface area contributed by atoms with E-state index in [-0.39, 0.29) is 5.78 Å². The molecule has 0 amide bonds. The Balaban J connectivity index is 2.64. The molecule has 90 valence electrons. The minimum atomic E-state index is 0.243. The lowest BCUT2D eigenvalue weighted by Gasteiger charge is -2.22. The van der Waals surface area contributed by atoms with E-state index in [1.54, 1.807) is 6.08 Å². The van der Waals surface area contributed by atoms with Gasteiger partial charge >= 0.3 is 0 Å². The van der Waals surface area contributed by atoms with Crippen LogP contribution in [0.25, 0.3) is 0 Å². The zero-order valence-corrected chi connectivity index (χ0v) is 10.9. The Morgan fingerprint density at radius 2 is 2.35 bits per heavy atom. The maximum absolute atomic E-state index is 11.8. The summed E-state index contributed by atoms with van der Waals surface area (Å²) in [6, 6.07) is 0. The molecule has 1 aliphatic carbocycles. The van der Waals surface area contributed by atoms with E-state index in [0.29, 0.717) is 18.2 Å². The van der Waals surface area contributed by atoms with Gasteiger partial charge in [0.25, 0.3) is 0 Å². The molecule has 0 heterocycles. The number of carbonyl (C=O) groups excluding carboxylic acids is 1. The number of hydrogen-bond donors (Lipinski definition) is 0. The Hall–Kier alpha value is -1.31. The largest absolute Gasteiger partial charge is 0.295 e. The summed E-state index contributed by atoms with van der Waals surface area (Å²) in [7, 11) is 1.91. The van der Waals surface area contributed by atoms with E-state index < -0.39 is 0 Å². The third-order valence-electron chi connectivity index (χ3n) is 3.28. The molecular weight excluding hydrogens is 207 g/mol. The lowest BCUT2D eigenvalue weighted by molar-refractivity contribution is -0.113. The summed E-state index contributed by atoms with van der Waals surface area (Å²) >= 11 is 0. The summed E-state index contributed by atoms with van der Waals surface area (Å²) in [6.45, 7) is 5.90. The summed E-state index contributed by atoms with van der Waals surface area (Å²) in [5.74, 6) is 1.29. The second-order valence-corrected chi connectivity index (χ2v) is 4.60. The van der Waals surface area contributed by atoms with Gasteiger partial charge in [0.2, 0.25) is 0 Å². The molecule has 0 spiro atoms. The van der Waals surface area contributed by atoms with Crippen LogP contribution in [0.3, 0.4) is 0 Å². The molecule has 0 saturated carbocycles. The summed E-state index contributed by atoms with van der Waals surface area (Å²) in [6.07, 6.45) is 14.7. The van der Waals surface area contributed by atoms with E-state index >= 15 is 0 Å². The second kappa shape index (κ2) is 7.11. The van der Waals surface area contributed by atoms with E-state index in [0.717, 1.165) is 18.4 Å². The molecule has 0 N–H and O–H groups in total. The molecule has 2 atom stereocenters.